The van der Waals surface area contributed by atoms with E-state index in [9.17, 15) is 9.59 Å². The van der Waals surface area contributed by atoms with Crippen LogP contribution in [0.3, 0.4) is 0 Å². The predicted molar refractivity (Wildman–Crippen MR) is 90.5 cm³/mol. The van der Waals surface area contributed by atoms with Gasteiger partial charge in [-0.2, -0.15) is 0 Å². The number of piperidine rings is 1. The Balaban J connectivity index is 1.59. The number of amides is 2. The summed E-state index contributed by atoms with van der Waals surface area (Å²) < 4.78 is 0. The summed E-state index contributed by atoms with van der Waals surface area (Å²) in [7, 11) is 0. The van der Waals surface area contributed by atoms with Crippen molar-refractivity contribution >= 4 is 11.8 Å². The molecular weight excluding hydrogens is 302 g/mol. The minimum atomic E-state index is -0.739. The lowest BCUT2D eigenvalue weighted by Gasteiger charge is -2.45. The van der Waals surface area contributed by atoms with Crippen LogP contribution in [0.15, 0.2) is 30.3 Å². The smallest absolute Gasteiger partial charge is 0.240 e. The fourth-order valence-electron chi connectivity index (χ4n) is 5.89. The van der Waals surface area contributed by atoms with Gasteiger partial charge in [-0.1, -0.05) is 44.2 Å². The van der Waals surface area contributed by atoms with E-state index < -0.39 is 5.54 Å². The van der Waals surface area contributed by atoms with Crippen LogP contribution in [0.2, 0.25) is 0 Å². The fourth-order valence-corrected chi connectivity index (χ4v) is 5.89. The molecule has 5 nitrogen and oxygen atoms in total. The predicted octanol–water partition coefficient (Wildman–Crippen LogP) is 1.63. The summed E-state index contributed by atoms with van der Waals surface area (Å²) in [6.45, 7) is 5.16. The van der Waals surface area contributed by atoms with Gasteiger partial charge in [-0.25, -0.2) is 5.01 Å². The van der Waals surface area contributed by atoms with Crippen LogP contribution >= 0.6 is 0 Å². The van der Waals surface area contributed by atoms with Gasteiger partial charge in [0.05, 0.1) is 6.42 Å². The Hall–Kier alpha value is -1.88. The molecule has 2 aliphatic carbocycles. The van der Waals surface area contributed by atoms with Crippen molar-refractivity contribution in [2.24, 2.45) is 22.5 Å². The number of benzene rings is 1. The Morgan fingerprint density at radius 3 is 2.62 bits per heavy atom. The van der Waals surface area contributed by atoms with Crippen molar-refractivity contribution < 1.29 is 9.59 Å². The Bertz CT molecular complexity index is 706. The van der Waals surface area contributed by atoms with Crippen LogP contribution in [0, 0.1) is 16.7 Å². The van der Waals surface area contributed by atoms with Crippen molar-refractivity contribution in [3.63, 3.8) is 0 Å². The number of carbonyl (C=O) groups is 2. The van der Waals surface area contributed by atoms with E-state index in [1.807, 2.05) is 35.3 Å². The highest BCUT2D eigenvalue weighted by molar-refractivity contribution is 5.88. The first-order valence-corrected chi connectivity index (χ1v) is 8.74. The third-order valence-corrected chi connectivity index (χ3v) is 7.43. The molecule has 2 amide bonds. The summed E-state index contributed by atoms with van der Waals surface area (Å²) in [4.78, 5) is 25.0. The number of nitrogens with one attached hydrogen (secondary N) is 1. The number of hydrazine groups is 1. The van der Waals surface area contributed by atoms with Crippen molar-refractivity contribution in [3.05, 3.63) is 35.9 Å². The van der Waals surface area contributed by atoms with Gasteiger partial charge in [-0.15, -0.1) is 0 Å². The molecule has 0 spiro atoms. The molecule has 1 aromatic rings. The molecule has 3 fully saturated rings. The maximum Gasteiger partial charge on any atom is 0.240 e. The maximum atomic E-state index is 12.5. The number of hydrogen-bond donors (Lipinski definition) is 2. The lowest BCUT2D eigenvalue weighted by molar-refractivity contribution is -0.143. The molecule has 3 N–H and O–H groups in total. The molecular formula is C19H25N3O2. The third-order valence-electron chi connectivity index (χ3n) is 7.43. The van der Waals surface area contributed by atoms with E-state index in [-0.39, 0.29) is 22.6 Å². The van der Waals surface area contributed by atoms with E-state index >= 15 is 0 Å². The van der Waals surface area contributed by atoms with E-state index in [0.29, 0.717) is 18.9 Å². The van der Waals surface area contributed by atoms with Gasteiger partial charge in [0.15, 0.2) is 0 Å². The molecule has 1 saturated heterocycles. The highest BCUT2D eigenvalue weighted by Crippen LogP contribution is 2.75. The molecule has 24 heavy (non-hydrogen) atoms. The summed E-state index contributed by atoms with van der Waals surface area (Å²) in [6.07, 6.45) is 3.24. The monoisotopic (exact) mass is 327 g/mol. The fraction of sp³-hybridized carbons (Fsp3) is 0.579. The molecule has 4 rings (SSSR count). The first kappa shape index (κ1) is 15.6. The van der Waals surface area contributed by atoms with E-state index in [1.165, 1.54) is 0 Å². The summed E-state index contributed by atoms with van der Waals surface area (Å²) in [6, 6.07) is 9.65. The molecule has 2 saturated carbocycles. The van der Waals surface area contributed by atoms with Crippen molar-refractivity contribution in [3.8, 4) is 0 Å². The quantitative estimate of drug-likeness (QED) is 0.882. The SMILES string of the molecule is C[C@]12CC[C@@H]3C[C@@]1(C(N)=O)N(NC(=O)Cc1ccccc1)C[C@@]32C. The molecule has 3 aliphatic rings. The number of nitrogens with zero attached hydrogens (tertiary/aromatic N) is 1. The van der Waals surface area contributed by atoms with Gasteiger partial charge < -0.3 is 5.73 Å². The molecule has 128 valence electrons. The largest absolute Gasteiger partial charge is 0.368 e. The lowest BCUT2D eigenvalue weighted by Crippen LogP contribution is -2.66. The number of nitrogens with two attached hydrogens (primary N) is 1. The highest BCUT2D eigenvalue weighted by Gasteiger charge is 2.80. The summed E-state index contributed by atoms with van der Waals surface area (Å²) in [5.74, 6) is 0.144. The molecule has 0 aromatic heterocycles. The summed E-state index contributed by atoms with van der Waals surface area (Å²) in [5, 5.41) is 1.87. The van der Waals surface area contributed by atoms with Crippen molar-refractivity contribution in [2.75, 3.05) is 6.54 Å². The van der Waals surface area contributed by atoms with Gasteiger partial charge in [0.1, 0.15) is 5.54 Å². The Labute approximate surface area is 142 Å². The van der Waals surface area contributed by atoms with Crippen molar-refractivity contribution in [1.29, 1.82) is 0 Å². The van der Waals surface area contributed by atoms with Crippen LogP contribution in [0.5, 0.6) is 0 Å². The summed E-state index contributed by atoms with van der Waals surface area (Å²) in [5.41, 5.74) is 9.01. The van der Waals surface area contributed by atoms with E-state index in [1.54, 1.807) is 0 Å². The zero-order chi connectivity index (χ0) is 17.2. The van der Waals surface area contributed by atoms with E-state index in [4.69, 9.17) is 5.73 Å². The first-order chi connectivity index (χ1) is 11.3. The van der Waals surface area contributed by atoms with Crippen LogP contribution in [0.1, 0.15) is 38.7 Å². The standard InChI is InChI=1S/C19H25N3O2/c1-17-12-22(21-15(23)10-13-6-4-3-5-7-13)19(16(20)24)11-14(17)8-9-18(17,19)2/h3-7,14H,8-12H2,1-2H3,(H2,20,24)(H,21,23)/t14-,17+,18-,19+/m1/s1. The normalized spacial score (nSPS) is 40.0. The van der Waals surface area contributed by atoms with Crippen LogP contribution in [-0.2, 0) is 16.0 Å². The van der Waals surface area contributed by atoms with Gasteiger partial charge >= 0.3 is 0 Å². The van der Waals surface area contributed by atoms with Gasteiger partial charge in [0, 0.05) is 12.0 Å². The third kappa shape index (κ3) is 1.68. The molecule has 1 aromatic carbocycles. The lowest BCUT2D eigenvalue weighted by atomic mass is 9.65. The molecule has 0 radical (unpaired) electrons. The average molecular weight is 327 g/mol. The minimum Gasteiger partial charge on any atom is -0.368 e. The van der Waals surface area contributed by atoms with Crippen LogP contribution in [0.4, 0.5) is 0 Å². The topological polar surface area (TPSA) is 75.4 Å². The highest BCUT2D eigenvalue weighted by atomic mass is 16.2. The van der Waals surface area contributed by atoms with Crippen LogP contribution in [0.25, 0.3) is 0 Å². The Kier molecular flexibility index (Phi) is 3.14. The average Bonchev–Trinajstić information content (AvgIpc) is 2.97. The second-order valence-electron chi connectivity index (χ2n) is 8.20. The molecule has 4 bridgehead atoms. The van der Waals surface area contributed by atoms with Crippen molar-refractivity contribution in [2.45, 2.75) is 45.1 Å². The number of primary amides is 1. The zero-order valence-electron chi connectivity index (χ0n) is 14.3. The van der Waals surface area contributed by atoms with Gasteiger partial charge in [-0.05, 0) is 36.2 Å². The number of carbonyl (C=O) groups excluding carboxylic acids is 2. The molecule has 4 atom stereocenters. The Morgan fingerprint density at radius 1 is 1.29 bits per heavy atom. The second-order valence-corrected chi connectivity index (χ2v) is 8.20. The zero-order valence-corrected chi connectivity index (χ0v) is 14.3. The molecule has 0 unspecified atom stereocenters. The Morgan fingerprint density at radius 2 is 2.00 bits per heavy atom. The van der Waals surface area contributed by atoms with Crippen molar-refractivity contribution in [1.82, 2.24) is 10.4 Å². The van der Waals surface area contributed by atoms with E-state index in [2.05, 4.69) is 19.3 Å². The minimum absolute atomic E-state index is 0.0437. The van der Waals surface area contributed by atoms with Gasteiger partial charge in [-0.3, -0.25) is 15.0 Å². The second kappa shape index (κ2) is 4.82. The summed E-state index contributed by atoms with van der Waals surface area (Å²) >= 11 is 0. The first-order valence-electron chi connectivity index (χ1n) is 8.74. The van der Waals surface area contributed by atoms with E-state index in [0.717, 1.165) is 24.8 Å². The van der Waals surface area contributed by atoms with Crippen LogP contribution < -0.4 is 11.2 Å². The molecule has 5 heteroatoms. The van der Waals surface area contributed by atoms with Crippen LogP contribution in [-0.4, -0.2) is 28.9 Å². The maximum absolute atomic E-state index is 12.5. The van der Waals surface area contributed by atoms with Gasteiger partial charge in [0.2, 0.25) is 11.8 Å². The number of rotatable bonds is 4. The van der Waals surface area contributed by atoms with Gasteiger partial charge in [0.25, 0.3) is 0 Å². The molecule has 1 aliphatic heterocycles. The number of hydrogen-bond acceptors (Lipinski definition) is 3. The molecule has 1 heterocycles.